The molecule has 0 radical (unpaired) electrons. The standard InChI is InChI=1S/C18H30N4O/c1-5-7-16(14(4)23)18(9-10-18)12-22-17(21-6-2)15(8-11-19)13(3)20/h6,8,11,16H,5,7,9-10,12,19-20H2,1-4H3/b11-8-,15-13?,21-6?,22-17?/t16-/m0/s1. The number of nitrogens with two attached hydrogens (primary N) is 2. The number of hydrogen-bond acceptors (Lipinski definition) is 4. The van der Waals surface area contributed by atoms with Gasteiger partial charge in [0.2, 0.25) is 0 Å². The van der Waals surface area contributed by atoms with E-state index in [0.717, 1.165) is 31.3 Å². The van der Waals surface area contributed by atoms with Crippen LogP contribution in [0.1, 0.15) is 53.4 Å². The van der Waals surface area contributed by atoms with Crippen molar-refractivity contribution in [2.45, 2.75) is 53.4 Å². The summed E-state index contributed by atoms with van der Waals surface area (Å²) >= 11 is 0. The lowest BCUT2D eigenvalue weighted by Gasteiger charge is -2.23. The lowest BCUT2D eigenvalue weighted by atomic mass is 9.82. The molecule has 0 amide bonds. The number of amidine groups is 1. The summed E-state index contributed by atoms with van der Waals surface area (Å²) in [4.78, 5) is 21.0. The minimum absolute atomic E-state index is 0.0103. The molecule has 4 N–H and O–H groups in total. The Balaban J connectivity index is 3.06. The molecule has 1 saturated carbocycles. The number of carbonyl (C=O) groups excluding carboxylic acids is 1. The molecular weight excluding hydrogens is 288 g/mol. The molecule has 0 bridgehead atoms. The van der Waals surface area contributed by atoms with Crippen LogP contribution in [0.3, 0.4) is 0 Å². The van der Waals surface area contributed by atoms with Crippen molar-refractivity contribution in [3.8, 4) is 0 Å². The second-order valence-electron chi connectivity index (χ2n) is 6.30. The Kier molecular flexibility index (Phi) is 7.20. The maximum atomic E-state index is 12.0. The summed E-state index contributed by atoms with van der Waals surface area (Å²) in [6, 6.07) is 0. The van der Waals surface area contributed by atoms with Crippen molar-refractivity contribution >= 4 is 17.8 Å². The van der Waals surface area contributed by atoms with E-state index in [0.29, 0.717) is 18.1 Å². The second-order valence-corrected chi connectivity index (χ2v) is 6.30. The predicted molar refractivity (Wildman–Crippen MR) is 97.4 cm³/mol. The van der Waals surface area contributed by atoms with Crippen molar-refractivity contribution in [1.29, 1.82) is 0 Å². The van der Waals surface area contributed by atoms with E-state index in [1.165, 1.54) is 6.20 Å². The number of Topliss-reactive ketones (excluding diaryl/α,β-unsaturated/α-hetero) is 1. The molecule has 1 fully saturated rings. The highest BCUT2D eigenvalue weighted by Gasteiger charge is 2.50. The SMILES string of the molecule is CC=NC(=NCC1([C@@H](CCC)C(C)=O)CC1)C(/C=C\N)=C(C)N. The fraction of sp³-hybridized carbons (Fsp3) is 0.611. The van der Waals surface area contributed by atoms with Gasteiger partial charge in [-0.2, -0.15) is 0 Å². The van der Waals surface area contributed by atoms with Crippen LogP contribution in [0, 0.1) is 11.3 Å². The van der Waals surface area contributed by atoms with Crippen LogP contribution >= 0.6 is 0 Å². The number of ketones is 1. The third-order valence-electron chi connectivity index (χ3n) is 4.42. The van der Waals surface area contributed by atoms with E-state index < -0.39 is 0 Å². The summed E-state index contributed by atoms with van der Waals surface area (Å²) in [5, 5.41) is 0. The van der Waals surface area contributed by atoms with E-state index in [1.54, 1.807) is 26.1 Å². The van der Waals surface area contributed by atoms with Crippen LogP contribution in [-0.4, -0.2) is 24.4 Å². The van der Waals surface area contributed by atoms with Crippen molar-refractivity contribution in [1.82, 2.24) is 0 Å². The molecule has 0 spiro atoms. The Morgan fingerprint density at radius 2 is 2.00 bits per heavy atom. The van der Waals surface area contributed by atoms with Crippen LogP contribution in [0.15, 0.2) is 33.5 Å². The lowest BCUT2D eigenvalue weighted by molar-refractivity contribution is -0.123. The summed E-state index contributed by atoms with van der Waals surface area (Å²) in [6.45, 7) is 8.07. The average molecular weight is 318 g/mol. The lowest BCUT2D eigenvalue weighted by Crippen LogP contribution is -2.26. The number of allylic oxidation sites excluding steroid dienone is 1. The normalized spacial score (nSPS) is 19.9. The van der Waals surface area contributed by atoms with Crippen molar-refractivity contribution in [2.75, 3.05) is 6.54 Å². The molecule has 0 heterocycles. The Hall–Kier alpha value is -1.91. The van der Waals surface area contributed by atoms with Crippen LogP contribution in [0.2, 0.25) is 0 Å². The van der Waals surface area contributed by atoms with E-state index in [1.807, 2.05) is 6.92 Å². The average Bonchev–Trinajstić information content (AvgIpc) is 3.27. The second kappa shape index (κ2) is 8.65. The zero-order valence-corrected chi connectivity index (χ0v) is 14.8. The first-order valence-corrected chi connectivity index (χ1v) is 8.30. The van der Waals surface area contributed by atoms with Gasteiger partial charge in [-0.05, 0) is 57.7 Å². The van der Waals surface area contributed by atoms with E-state index in [-0.39, 0.29) is 17.1 Å². The highest BCUT2D eigenvalue weighted by atomic mass is 16.1. The highest BCUT2D eigenvalue weighted by molar-refractivity contribution is 6.05. The summed E-state index contributed by atoms with van der Waals surface area (Å²) in [5.74, 6) is 0.951. The van der Waals surface area contributed by atoms with Crippen LogP contribution in [-0.2, 0) is 4.79 Å². The highest BCUT2D eigenvalue weighted by Crippen LogP contribution is 2.54. The first kappa shape index (κ1) is 19.1. The minimum atomic E-state index is 0.0103. The van der Waals surface area contributed by atoms with Crippen molar-refractivity contribution in [3.63, 3.8) is 0 Å². The fourth-order valence-electron chi connectivity index (χ4n) is 3.04. The van der Waals surface area contributed by atoms with Crippen molar-refractivity contribution < 1.29 is 4.79 Å². The van der Waals surface area contributed by atoms with E-state index in [2.05, 4.69) is 11.9 Å². The molecule has 23 heavy (non-hydrogen) atoms. The smallest absolute Gasteiger partial charge is 0.155 e. The minimum Gasteiger partial charge on any atom is -0.405 e. The Bertz CT molecular complexity index is 535. The van der Waals surface area contributed by atoms with Gasteiger partial charge in [0.15, 0.2) is 5.84 Å². The Morgan fingerprint density at radius 1 is 1.35 bits per heavy atom. The first-order valence-electron chi connectivity index (χ1n) is 8.30. The van der Waals surface area contributed by atoms with Gasteiger partial charge in [0.25, 0.3) is 0 Å². The first-order chi connectivity index (χ1) is 10.9. The van der Waals surface area contributed by atoms with Gasteiger partial charge < -0.3 is 11.5 Å². The summed E-state index contributed by atoms with van der Waals surface area (Å²) in [7, 11) is 0. The monoisotopic (exact) mass is 318 g/mol. The Labute approximate surface area is 139 Å². The summed E-state index contributed by atoms with van der Waals surface area (Å²) < 4.78 is 0. The number of nitrogens with zero attached hydrogens (tertiary/aromatic N) is 2. The molecule has 0 saturated heterocycles. The topological polar surface area (TPSA) is 93.8 Å². The van der Waals surface area contributed by atoms with Crippen LogP contribution in [0.4, 0.5) is 0 Å². The molecule has 128 valence electrons. The van der Waals surface area contributed by atoms with Gasteiger partial charge in [-0.3, -0.25) is 9.79 Å². The summed E-state index contributed by atoms with van der Waals surface area (Å²) in [6.07, 6.45) is 8.90. The molecule has 1 aliphatic rings. The number of hydrogen-bond donors (Lipinski definition) is 2. The molecular formula is C18H30N4O. The third kappa shape index (κ3) is 5.05. The molecule has 1 rings (SSSR count). The molecule has 1 atom stereocenters. The van der Waals surface area contributed by atoms with Crippen molar-refractivity contribution in [3.05, 3.63) is 23.5 Å². The van der Waals surface area contributed by atoms with Gasteiger partial charge in [-0.15, -0.1) is 0 Å². The third-order valence-corrected chi connectivity index (χ3v) is 4.42. The molecule has 1 aliphatic carbocycles. The fourth-order valence-corrected chi connectivity index (χ4v) is 3.04. The number of carbonyl (C=O) groups is 1. The molecule has 0 aromatic rings. The Morgan fingerprint density at radius 3 is 2.39 bits per heavy atom. The summed E-state index contributed by atoms with van der Waals surface area (Å²) in [5.41, 5.74) is 12.8. The van der Waals surface area contributed by atoms with Gasteiger partial charge >= 0.3 is 0 Å². The maximum Gasteiger partial charge on any atom is 0.155 e. The van der Waals surface area contributed by atoms with E-state index in [9.17, 15) is 4.79 Å². The van der Waals surface area contributed by atoms with Crippen LogP contribution in [0.25, 0.3) is 0 Å². The van der Waals surface area contributed by atoms with E-state index in [4.69, 9.17) is 16.5 Å². The number of aliphatic imine (C=N–C) groups is 2. The van der Waals surface area contributed by atoms with Gasteiger partial charge in [0, 0.05) is 29.9 Å². The molecule has 0 aromatic heterocycles. The largest absolute Gasteiger partial charge is 0.405 e. The van der Waals surface area contributed by atoms with Crippen molar-refractivity contribution in [2.24, 2.45) is 32.8 Å². The van der Waals surface area contributed by atoms with Gasteiger partial charge in [0.1, 0.15) is 5.78 Å². The quantitative estimate of drug-likeness (QED) is 0.409. The molecule has 0 unspecified atom stereocenters. The van der Waals surface area contributed by atoms with Gasteiger partial charge in [0.05, 0.1) is 0 Å². The molecule has 5 heteroatoms. The van der Waals surface area contributed by atoms with Gasteiger partial charge in [-0.1, -0.05) is 13.3 Å². The van der Waals surface area contributed by atoms with Crippen LogP contribution < -0.4 is 11.5 Å². The number of rotatable bonds is 8. The zero-order chi connectivity index (χ0) is 17.5. The molecule has 0 aromatic carbocycles. The maximum absolute atomic E-state index is 12.0. The van der Waals surface area contributed by atoms with Crippen LogP contribution in [0.5, 0.6) is 0 Å². The zero-order valence-electron chi connectivity index (χ0n) is 14.8. The predicted octanol–water partition coefficient (Wildman–Crippen LogP) is 2.97. The van der Waals surface area contributed by atoms with E-state index >= 15 is 0 Å². The molecule has 5 nitrogen and oxygen atoms in total. The molecule has 0 aliphatic heterocycles. The van der Waals surface area contributed by atoms with Gasteiger partial charge in [-0.25, -0.2) is 4.99 Å².